The number of benzene rings is 2. The van der Waals surface area contributed by atoms with Crippen LogP contribution in [0.5, 0.6) is 5.75 Å². The summed E-state index contributed by atoms with van der Waals surface area (Å²) >= 11 is 0. The van der Waals surface area contributed by atoms with Crippen molar-refractivity contribution in [1.29, 1.82) is 5.26 Å². The van der Waals surface area contributed by atoms with Gasteiger partial charge in [-0.25, -0.2) is 0 Å². The topological polar surface area (TPSA) is 57.7 Å². The third-order valence-electron chi connectivity index (χ3n) is 3.69. The van der Waals surface area contributed by atoms with Crippen LogP contribution in [0.15, 0.2) is 52.7 Å². The maximum atomic E-state index is 8.78. The van der Waals surface area contributed by atoms with Gasteiger partial charge in [0.05, 0.1) is 29.6 Å². The minimum Gasteiger partial charge on any atom is -0.493 e. The van der Waals surface area contributed by atoms with Crippen molar-refractivity contribution >= 4 is 11.4 Å². The van der Waals surface area contributed by atoms with E-state index in [1.54, 1.807) is 24.3 Å². The molecule has 0 heterocycles. The van der Waals surface area contributed by atoms with E-state index in [1.165, 1.54) is 19.3 Å². The third-order valence-corrected chi connectivity index (χ3v) is 3.69. The van der Waals surface area contributed by atoms with E-state index in [1.807, 2.05) is 25.1 Å². The highest BCUT2D eigenvalue weighted by Crippen LogP contribution is 2.25. The molecule has 0 amide bonds. The first-order valence-electron chi connectivity index (χ1n) is 8.38. The van der Waals surface area contributed by atoms with Crippen molar-refractivity contribution in [2.75, 3.05) is 6.61 Å². The second kappa shape index (κ2) is 9.46. The van der Waals surface area contributed by atoms with Crippen LogP contribution in [0.25, 0.3) is 0 Å². The first kappa shape index (κ1) is 17.7. The molecule has 0 spiro atoms. The molecule has 0 aromatic heterocycles. The maximum Gasteiger partial charge on any atom is 0.122 e. The van der Waals surface area contributed by atoms with Gasteiger partial charge in [-0.2, -0.15) is 15.5 Å². The van der Waals surface area contributed by atoms with Gasteiger partial charge in [0, 0.05) is 0 Å². The Bertz CT molecular complexity index is 715. The molecule has 2 aromatic rings. The number of nitriles is 1. The molecular formula is C20H23N3O. The molecular weight excluding hydrogens is 298 g/mol. The average molecular weight is 321 g/mol. The highest BCUT2D eigenvalue weighted by atomic mass is 16.5. The summed E-state index contributed by atoms with van der Waals surface area (Å²) in [6.45, 7) is 4.98. The molecule has 4 nitrogen and oxygen atoms in total. The first-order chi connectivity index (χ1) is 11.7. The summed E-state index contributed by atoms with van der Waals surface area (Å²) < 4.78 is 5.82. The molecule has 0 aliphatic heterocycles. The maximum absolute atomic E-state index is 8.78. The molecule has 24 heavy (non-hydrogen) atoms. The van der Waals surface area contributed by atoms with Crippen LogP contribution in [-0.2, 0) is 0 Å². The molecule has 4 heteroatoms. The summed E-state index contributed by atoms with van der Waals surface area (Å²) in [6, 6.07) is 14.9. The SMILES string of the molecule is CCCCCCOc1ccc(/N=N/c2ccc(C#N)cc2)cc1C. The predicted octanol–water partition coefficient (Wildman–Crippen LogP) is 6.24. The standard InChI is InChI=1S/C20H23N3O/c1-3-4-5-6-13-24-20-12-11-19(14-16(20)2)23-22-18-9-7-17(15-21)8-10-18/h7-12,14H,3-6,13H2,1-2H3/b23-22+. The molecule has 0 saturated heterocycles. The number of hydrogen-bond acceptors (Lipinski definition) is 4. The third kappa shape index (κ3) is 5.51. The van der Waals surface area contributed by atoms with E-state index in [-0.39, 0.29) is 0 Å². The van der Waals surface area contributed by atoms with E-state index < -0.39 is 0 Å². The normalized spacial score (nSPS) is 10.7. The van der Waals surface area contributed by atoms with Gasteiger partial charge in [-0.1, -0.05) is 26.2 Å². The van der Waals surface area contributed by atoms with Crippen molar-refractivity contribution in [2.24, 2.45) is 10.2 Å². The van der Waals surface area contributed by atoms with Crippen LogP contribution >= 0.6 is 0 Å². The zero-order valence-electron chi connectivity index (χ0n) is 14.3. The number of azo groups is 1. The summed E-state index contributed by atoms with van der Waals surface area (Å²) in [5.41, 5.74) is 3.19. The highest BCUT2D eigenvalue weighted by Gasteiger charge is 2.01. The molecule has 0 aliphatic carbocycles. The minimum absolute atomic E-state index is 0.616. The van der Waals surface area contributed by atoms with Crippen molar-refractivity contribution < 1.29 is 4.74 Å². The van der Waals surface area contributed by atoms with Gasteiger partial charge in [-0.05, 0) is 61.4 Å². The van der Waals surface area contributed by atoms with Crippen LogP contribution in [0.2, 0.25) is 0 Å². The summed E-state index contributed by atoms with van der Waals surface area (Å²) in [5.74, 6) is 0.906. The van der Waals surface area contributed by atoms with Gasteiger partial charge in [0.2, 0.25) is 0 Å². The smallest absolute Gasteiger partial charge is 0.122 e. The number of nitrogens with zero attached hydrogens (tertiary/aromatic N) is 3. The summed E-state index contributed by atoms with van der Waals surface area (Å²) in [5, 5.41) is 17.2. The Balaban J connectivity index is 1.93. The minimum atomic E-state index is 0.616. The molecule has 0 unspecified atom stereocenters. The molecule has 0 N–H and O–H groups in total. The van der Waals surface area contributed by atoms with Crippen LogP contribution in [-0.4, -0.2) is 6.61 Å². The van der Waals surface area contributed by atoms with Gasteiger partial charge >= 0.3 is 0 Å². The Labute approximate surface area is 143 Å². The fourth-order valence-electron chi connectivity index (χ4n) is 2.29. The van der Waals surface area contributed by atoms with Gasteiger partial charge in [0.25, 0.3) is 0 Å². The largest absolute Gasteiger partial charge is 0.493 e. The lowest BCUT2D eigenvalue weighted by molar-refractivity contribution is 0.303. The lowest BCUT2D eigenvalue weighted by Crippen LogP contribution is -1.98. The van der Waals surface area contributed by atoms with E-state index in [0.717, 1.165) is 35.7 Å². The zero-order chi connectivity index (χ0) is 17.2. The van der Waals surface area contributed by atoms with E-state index >= 15 is 0 Å². The molecule has 0 atom stereocenters. The molecule has 2 rings (SSSR count). The first-order valence-corrected chi connectivity index (χ1v) is 8.38. The monoisotopic (exact) mass is 321 g/mol. The van der Waals surface area contributed by atoms with Crippen LogP contribution in [0.4, 0.5) is 11.4 Å². The van der Waals surface area contributed by atoms with Crippen molar-refractivity contribution in [3.63, 3.8) is 0 Å². The van der Waals surface area contributed by atoms with E-state index in [0.29, 0.717) is 5.56 Å². The number of unbranched alkanes of at least 4 members (excludes halogenated alkanes) is 3. The summed E-state index contributed by atoms with van der Waals surface area (Å²) in [6.07, 6.45) is 4.80. The molecule has 0 fully saturated rings. The van der Waals surface area contributed by atoms with Crippen LogP contribution < -0.4 is 4.74 Å². The second-order valence-corrected chi connectivity index (χ2v) is 5.72. The second-order valence-electron chi connectivity index (χ2n) is 5.72. The van der Waals surface area contributed by atoms with E-state index in [9.17, 15) is 0 Å². The Morgan fingerprint density at radius 1 is 0.958 bits per heavy atom. The summed E-state index contributed by atoms with van der Waals surface area (Å²) in [4.78, 5) is 0. The number of hydrogen-bond donors (Lipinski definition) is 0. The Morgan fingerprint density at radius 3 is 2.33 bits per heavy atom. The molecule has 2 aromatic carbocycles. The molecule has 0 radical (unpaired) electrons. The average Bonchev–Trinajstić information content (AvgIpc) is 2.61. The van der Waals surface area contributed by atoms with Gasteiger partial charge in [0.15, 0.2) is 0 Å². The van der Waals surface area contributed by atoms with Gasteiger partial charge in [0.1, 0.15) is 5.75 Å². The van der Waals surface area contributed by atoms with Gasteiger partial charge < -0.3 is 4.74 Å². The fraction of sp³-hybridized carbons (Fsp3) is 0.350. The van der Waals surface area contributed by atoms with E-state index in [4.69, 9.17) is 10.00 Å². The van der Waals surface area contributed by atoms with E-state index in [2.05, 4.69) is 23.2 Å². The molecule has 0 saturated carbocycles. The summed E-state index contributed by atoms with van der Waals surface area (Å²) in [7, 11) is 0. The fourth-order valence-corrected chi connectivity index (χ4v) is 2.29. The van der Waals surface area contributed by atoms with Crippen molar-refractivity contribution in [1.82, 2.24) is 0 Å². The molecule has 124 valence electrons. The van der Waals surface area contributed by atoms with Gasteiger partial charge in [-0.15, -0.1) is 0 Å². The lowest BCUT2D eigenvalue weighted by atomic mass is 10.2. The van der Waals surface area contributed by atoms with Crippen molar-refractivity contribution in [2.45, 2.75) is 39.5 Å². The Kier molecular flexibility index (Phi) is 6.97. The Hall–Kier alpha value is -2.67. The zero-order valence-corrected chi connectivity index (χ0v) is 14.3. The lowest BCUT2D eigenvalue weighted by Gasteiger charge is -2.09. The molecule has 0 bridgehead atoms. The quantitative estimate of drug-likeness (QED) is 0.426. The van der Waals surface area contributed by atoms with Crippen LogP contribution in [0.1, 0.15) is 43.7 Å². The Morgan fingerprint density at radius 2 is 1.67 bits per heavy atom. The number of aryl methyl sites for hydroxylation is 1. The van der Waals surface area contributed by atoms with Crippen molar-refractivity contribution in [3.8, 4) is 11.8 Å². The highest BCUT2D eigenvalue weighted by molar-refractivity contribution is 5.48. The van der Waals surface area contributed by atoms with Gasteiger partial charge in [-0.3, -0.25) is 0 Å². The van der Waals surface area contributed by atoms with Crippen LogP contribution in [0.3, 0.4) is 0 Å². The van der Waals surface area contributed by atoms with Crippen molar-refractivity contribution in [3.05, 3.63) is 53.6 Å². The number of ether oxygens (including phenoxy) is 1. The predicted molar refractivity (Wildman–Crippen MR) is 96.1 cm³/mol. The molecule has 0 aliphatic rings. The number of rotatable bonds is 8. The van der Waals surface area contributed by atoms with Crippen LogP contribution in [0, 0.1) is 18.3 Å².